The van der Waals surface area contributed by atoms with Crippen molar-refractivity contribution in [3.63, 3.8) is 0 Å². The van der Waals surface area contributed by atoms with Gasteiger partial charge in [0.05, 0.1) is 16.6 Å². The van der Waals surface area contributed by atoms with E-state index in [9.17, 15) is 18.0 Å². The molecule has 0 fully saturated rings. The van der Waals surface area contributed by atoms with Crippen molar-refractivity contribution in [2.24, 2.45) is 0 Å². The molecule has 0 aliphatic rings. The monoisotopic (exact) mass is 353 g/mol. The summed E-state index contributed by atoms with van der Waals surface area (Å²) in [5.74, 6) is -0.287. The first-order valence-electron chi connectivity index (χ1n) is 8.09. The number of aromatic nitrogens is 1. The molecule has 1 N–H and O–H groups in total. The Morgan fingerprint density at radius 3 is 2.31 bits per heavy atom. The van der Waals surface area contributed by atoms with Crippen molar-refractivity contribution in [3.05, 3.63) is 83.0 Å². The number of hydrogen-bond acceptors (Lipinski definition) is 1. The van der Waals surface area contributed by atoms with E-state index in [4.69, 9.17) is 0 Å². The highest BCUT2D eigenvalue weighted by molar-refractivity contribution is 6.22. The number of benzene rings is 3. The van der Waals surface area contributed by atoms with Crippen LogP contribution in [0.3, 0.4) is 0 Å². The van der Waals surface area contributed by atoms with Crippen molar-refractivity contribution < 1.29 is 18.0 Å². The number of rotatable bonds is 2. The van der Waals surface area contributed by atoms with Crippen LogP contribution < -0.4 is 0 Å². The molecule has 3 aromatic carbocycles. The highest BCUT2D eigenvalue weighted by Crippen LogP contribution is 2.37. The molecule has 4 aromatic rings. The Labute approximate surface area is 147 Å². The fraction of sp³-hybridized carbons (Fsp3) is 0.0952. The number of ketones is 1. The summed E-state index contributed by atoms with van der Waals surface area (Å²) in [7, 11) is 0. The topological polar surface area (TPSA) is 32.9 Å². The first kappa shape index (κ1) is 16.4. The minimum Gasteiger partial charge on any atom is -0.357 e. The van der Waals surface area contributed by atoms with E-state index in [0.717, 1.165) is 16.8 Å². The van der Waals surface area contributed by atoms with Crippen LogP contribution in [0.2, 0.25) is 0 Å². The second-order valence-electron chi connectivity index (χ2n) is 6.21. The molecule has 0 saturated heterocycles. The van der Waals surface area contributed by atoms with Crippen LogP contribution in [0.15, 0.2) is 60.7 Å². The molecule has 0 bridgehead atoms. The Hall–Kier alpha value is -3.08. The molecule has 5 heteroatoms. The number of halogens is 3. The van der Waals surface area contributed by atoms with Crippen molar-refractivity contribution in [1.82, 2.24) is 4.98 Å². The number of aryl methyl sites for hydroxylation is 1. The number of carbonyl (C=O) groups excluding carboxylic acids is 1. The zero-order valence-electron chi connectivity index (χ0n) is 13.8. The predicted molar refractivity (Wildman–Crippen MR) is 95.4 cm³/mol. The maximum absolute atomic E-state index is 13.3. The van der Waals surface area contributed by atoms with Gasteiger partial charge in [-0.05, 0) is 23.8 Å². The SMILES string of the molecule is Cc1[nH]c2c(C(F)(F)F)cccc2c1C(=O)c1cccc2ccccc12. The van der Waals surface area contributed by atoms with Crippen molar-refractivity contribution in [1.29, 1.82) is 0 Å². The number of para-hydroxylation sites is 1. The molecule has 0 amide bonds. The third kappa shape index (κ3) is 2.47. The lowest BCUT2D eigenvalue weighted by molar-refractivity contribution is -0.136. The van der Waals surface area contributed by atoms with Crippen molar-refractivity contribution in [2.45, 2.75) is 13.1 Å². The molecule has 130 valence electrons. The number of aromatic amines is 1. The summed E-state index contributed by atoms with van der Waals surface area (Å²) in [6, 6.07) is 16.7. The molecular formula is C21H14F3NO. The number of nitrogens with one attached hydrogen (secondary N) is 1. The lowest BCUT2D eigenvalue weighted by Crippen LogP contribution is -2.06. The summed E-state index contributed by atoms with van der Waals surface area (Å²) in [4.78, 5) is 16.0. The predicted octanol–water partition coefficient (Wildman–Crippen LogP) is 5.88. The molecule has 1 aromatic heterocycles. The van der Waals surface area contributed by atoms with E-state index in [2.05, 4.69) is 4.98 Å². The molecule has 0 radical (unpaired) electrons. The minimum atomic E-state index is -4.49. The van der Waals surface area contributed by atoms with Crippen molar-refractivity contribution in [2.75, 3.05) is 0 Å². The molecule has 0 saturated carbocycles. The molecule has 0 atom stereocenters. The van der Waals surface area contributed by atoms with E-state index in [-0.39, 0.29) is 22.2 Å². The van der Waals surface area contributed by atoms with Gasteiger partial charge in [0.15, 0.2) is 5.78 Å². The zero-order valence-corrected chi connectivity index (χ0v) is 13.8. The van der Waals surface area contributed by atoms with Gasteiger partial charge in [0, 0.05) is 16.6 Å². The maximum atomic E-state index is 13.3. The second-order valence-corrected chi connectivity index (χ2v) is 6.21. The Morgan fingerprint density at radius 2 is 1.54 bits per heavy atom. The fourth-order valence-electron chi connectivity index (χ4n) is 3.43. The summed E-state index contributed by atoms with van der Waals surface area (Å²) < 4.78 is 39.9. The van der Waals surface area contributed by atoms with Gasteiger partial charge in [-0.15, -0.1) is 0 Å². The lowest BCUT2D eigenvalue weighted by atomic mass is 9.95. The van der Waals surface area contributed by atoms with Crippen molar-refractivity contribution >= 4 is 27.5 Å². The molecule has 0 unspecified atom stereocenters. The second kappa shape index (κ2) is 5.73. The van der Waals surface area contributed by atoms with Crippen molar-refractivity contribution in [3.8, 4) is 0 Å². The molecule has 0 aliphatic heterocycles. The molecule has 0 aliphatic carbocycles. The largest absolute Gasteiger partial charge is 0.418 e. The smallest absolute Gasteiger partial charge is 0.357 e. The molecule has 1 heterocycles. The summed E-state index contributed by atoms with van der Waals surface area (Å²) in [5.41, 5.74) is 0.359. The fourth-order valence-corrected chi connectivity index (χ4v) is 3.43. The molecule has 4 rings (SSSR count). The molecule has 2 nitrogen and oxygen atoms in total. The Bertz CT molecular complexity index is 1150. The van der Waals surface area contributed by atoms with Gasteiger partial charge in [-0.2, -0.15) is 13.2 Å². The van der Waals surface area contributed by atoms with Gasteiger partial charge in [0.1, 0.15) is 0 Å². The summed E-state index contributed by atoms with van der Waals surface area (Å²) in [6.07, 6.45) is -4.49. The van der Waals surface area contributed by atoms with Gasteiger partial charge < -0.3 is 4.98 Å². The van der Waals surface area contributed by atoms with Crippen LogP contribution in [0.1, 0.15) is 27.2 Å². The van der Waals surface area contributed by atoms with Gasteiger partial charge in [-0.3, -0.25) is 4.79 Å². The van der Waals surface area contributed by atoms with E-state index >= 15 is 0 Å². The highest BCUT2D eigenvalue weighted by atomic mass is 19.4. The highest BCUT2D eigenvalue weighted by Gasteiger charge is 2.34. The quantitative estimate of drug-likeness (QED) is 0.449. The Kier molecular flexibility index (Phi) is 3.61. The van der Waals surface area contributed by atoms with Crippen LogP contribution in [0.4, 0.5) is 13.2 Å². The molecule has 26 heavy (non-hydrogen) atoms. The first-order valence-corrected chi connectivity index (χ1v) is 8.09. The van der Waals surface area contributed by atoms with E-state index < -0.39 is 11.7 Å². The zero-order chi connectivity index (χ0) is 18.5. The summed E-state index contributed by atoms with van der Waals surface area (Å²) in [5, 5.41) is 1.97. The summed E-state index contributed by atoms with van der Waals surface area (Å²) >= 11 is 0. The van der Waals surface area contributed by atoms with Crippen LogP contribution in [0.5, 0.6) is 0 Å². The Balaban J connectivity index is 1.97. The van der Waals surface area contributed by atoms with E-state index in [1.165, 1.54) is 6.07 Å². The number of carbonyl (C=O) groups is 1. The van der Waals surface area contributed by atoms with Crippen LogP contribution in [0, 0.1) is 6.92 Å². The summed E-state index contributed by atoms with van der Waals surface area (Å²) in [6.45, 7) is 1.62. The third-order valence-corrected chi connectivity index (χ3v) is 4.59. The van der Waals surface area contributed by atoms with Gasteiger partial charge in [-0.25, -0.2) is 0 Å². The maximum Gasteiger partial charge on any atom is 0.418 e. The Morgan fingerprint density at radius 1 is 0.885 bits per heavy atom. The van der Waals surface area contributed by atoms with E-state index in [1.807, 2.05) is 30.3 Å². The number of hydrogen-bond donors (Lipinski definition) is 1. The van der Waals surface area contributed by atoms with Crippen LogP contribution in [-0.4, -0.2) is 10.8 Å². The normalized spacial score (nSPS) is 12.0. The average molecular weight is 353 g/mol. The lowest BCUT2D eigenvalue weighted by Gasteiger charge is -2.08. The van der Waals surface area contributed by atoms with E-state index in [1.54, 1.807) is 25.1 Å². The average Bonchev–Trinajstić information content (AvgIpc) is 2.95. The molecule has 0 spiro atoms. The molecular weight excluding hydrogens is 339 g/mol. The van der Waals surface area contributed by atoms with Crippen LogP contribution in [-0.2, 0) is 6.18 Å². The number of H-pyrrole nitrogens is 1. The van der Waals surface area contributed by atoms with Gasteiger partial charge in [-0.1, -0.05) is 54.6 Å². The number of fused-ring (bicyclic) bond motifs is 2. The van der Waals surface area contributed by atoms with Crippen LogP contribution >= 0.6 is 0 Å². The van der Waals surface area contributed by atoms with Gasteiger partial charge >= 0.3 is 6.18 Å². The van der Waals surface area contributed by atoms with Gasteiger partial charge in [0.25, 0.3) is 0 Å². The first-order chi connectivity index (χ1) is 12.4. The minimum absolute atomic E-state index is 0.0545. The van der Waals surface area contributed by atoms with Gasteiger partial charge in [0.2, 0.25) is 0 Å². The van der Waals surface area contributed by atoms with E-state index in [0.29, 0.717) is 11.3 Å². The third-order valence-electron chi connectivity index (χ3n) is 4.59. The standard InChI is InChI=1S/C21H14F3NO/c1-12-18(16-10-5-11-17(19(16)25-12)21(22,23)24)20(26)15-9-4-7-13-6-2-3-8-14(13)15/h2-11,25H,1H3. The number of alkyl halides is 3. The van der Waals surface area contributed by atoms with Crippen LogP contribution in [0.25, 0.3) is 21.7 Å².